The third kappa shape index (κ3) is 4.09. The molecule has 2 aromatic rings. The first kappa shape index (κ1) is 17.2. The van der Waals surface area contributed by atoms with E-state index >= 15 is 0 Å². The van der Waals surface area contributed by atoms with Gasteiger partial charge in [0.2, 0.25) is 0 Å². The Hall–Kier alpha value is -2.58. The number of pyridine rings is 1. The molecule has 2 heterocycles. The maximum absolute atomic E-state index is 10.1. The Kier molecular flexibility index (Phi) is 5.52. The Morgan fingerprint density at radius 1 is 1.24 bits per heavy atom. The maximum Gasteiger partial charge on any atom is 0.146 e. The highest BCUT2D eigenvalue weighted by Crippen LogP contribution is 2.35. The molecule has 1 atom stereocenters. The van der Waals surface area contributed by atoms with Crippen LogP contribution in [0.3, 0.4) is 0 Å². The van der Waals surface area contributed by atoms with Crippen LogP contribution in [0.4, 0.5) is 5.82 Å². The number of aliphatic hydroxyl groups is 1. The molecule has 1 aromatic carbocycles. The Balaban J connectivity index is 1.67. The molecular formula is C20H23N3O2. The first-order valence-corrected chi connectivity index (χ1v) is 8.65. The number of hydrogen-bond acceptors (Lipinski definition) is 5. The van der Waals surface area contributed by atoms with Crippen molar-refractivity contribution in [2.45, 2.75) is 19.3 Å². The van der Waals surface area contributed by atoms with Crippen molar-refractivity contribution in [3.8, 4) is 11.8 Å². The monoisotopic (exact) mass is 337 g/mol. The molecule has 25 heavy (non-hydrogen) atoms. The summed E-state index contributed by atoms with van der Waals surface area (Å²) in [5.41, 5.74) is 0.355. The number of aliphatic hydroxyl groups excluding tert-OH is 1. The van der Waals surface area contributed by atoms with Crippen LogP contribution in [-0.2, 0) is 0 Å². The van der Waals surface area contributed by atoms with Crippen molar-refractivity contribution in [3.63, 3.8) is 0 Å². The van der Waals surface area contributed by atoms with Crippen molar-refractivity contribution in [2.24, 2.45) is 5.41 Å². The topological polar surface area (TPSA) is 69.4 Å². The van der Waals surface area contributed by atoms with Gasteiger partial charge in [-0.05, 0) is 43.5 Å². The first-order valence-electron chi connectivity index (χ1n) is 8.65. The van der Waals surface area contributed by atoms with Crippen LogP contribution >= 0.6 is 0 Å². The number of benzene rings is 1. The lowest BCUT2D eigenvalue weighted by Crippen LogP contribution is -2.46. The SMILES string of the molecule is N#Cc1cccnc1N1CCC[C@](CO)(CCOc2ccccc2)C1. The fourth-order valence-electron chi connectivity index (χ4n) is 3.44. The molecular weight excluding hydrogens is 314 g/mol. The minimum Gasteiger partial charge on any atom is -0.494 e. The third-order valence-corrected chi connectivity index (χ3v) is 4.85. The number of anilines is 1. The van der Waals surface area contributed by atoms with Crippen LogP contribution < -0.4 is 9.64 Å². The van der Waals surface area contributed by atoms with Gasteiger partial charge in [0.1, 0.15) is 17.6 Å². The minimum atomic E-state index is -0.225. The Morgan fingerprint density at radius 2 is 2.08 bits per heavy atom. The molecule has 1 aromatic heterocycles. The molecule has 0 aliphatic carbocycles. The average molecular weight is 337 g/mol. The molecule has 1 aliphatic rings. The highest BCUT2D eigenvalue weighted by atomic mass is 16.5. The van der Waals surface area contributed by atoms with Gasteiger partial charge in [-0.15, -0.1) is 0 Å². The van der Waals surface area contributed by atoms with Gasteiger partial charge in [0.25, 0.3) is 0 Å². The summed E-state index contributed by atoms with van der Waals surface area (Å²) in [4.78, 5) is 6.52. The van der Waals surface area contributed by atoms with E-state index in [2.05, 4.69) is 16.0 Å². The third-order valence-electron chi connectivity index (χ3n) is 4.85. The number of rotatable bonds is 6. The maximum atomic E-state index is 10.1. The summed E-state index contributed by atoms with van der Waals surface area (Å²) in [6, 6.07) is 15.5. The van der Waals surface area contributed by atoms with Crippen molar-refractivity contribution < 1.29 is 9.84 Å². The number of ether oxygens (including phenoxy) is 1. The van der Waals surface area contributed by atoms with Crippen molar-refractivity contribution in [1.82, 2.24) is 4.98 Å². The van der Waals surface area contributed by atoms with E-state index in [1.807, 2.05) is 30.3 Å². The lowest BCUT2D eigenvalue weighted by molar-refractivity contribution is 0.0792. The van der Waals surface area contributed by atoms with Gasteiger partial charge in [0.05, 0.1) is 18.8 Å². The highest BCUT2D eigenvalue weighted by Gasteiger charge is 2.36. The molecule has 0 bridgehead atoms. The lowest BCUT2D eigenvalue weighted by atomic mass is 9.78. The predicted octanol–water partition coefficient (Wildman–Crippen LogP) is 3.00. The van der Waals surface area contributed by atoms with Crippen LogP contribution in [-0.4, -0.2) is 36.4 Å². The van der Waals surface area contributed by atoms with Gasteiger partial charge in [0.15, 0.2) is 0 Å². The molecule has 1 fully saturated rings. The summed E-state index contributed by atoms with van der Waals surface area (Å²) in [5, 5.41) is 19.4. The van der Waals surface area contributed by atoms with Gasteiger partial charge in [0, 0.05) is 24.7 Å². The van der Waals surface area contributed by atoms with E-state index < -0.39 is 0 Å². The predicted molar refractivity (Wildman–Crippen MR) is 96.5 cm³/mol. The van der Waals surface area contributed by atoms with Crippen LogP contribution in [0, 0.1) is 16.7 Å². The summed E-state index contributed by atoms with van der Waals surface area (Å²) >= 11 is 0. The molecule has 5 nitrogen and oxygen atoms in total. The summed E-state index contributed by atoms with van der Waals surface area (Å²) in [6.07, 6.45) is 4.40. The molecule has 0 unspecified atom stereocenters. The second-order valence-electron chi connectivity index (χ2n) is 6.58. The molecule has 0 amide bonds. The molecule has 1 saturated heterocycles. The quantitative estimate of drug-likeness (QED) is 0.877. The van der Waals surface area contributed by atoms with E-state index in [0.29, 0.717) is 24.5 Å². The normalized spacial score (nSPS) is 20.1. The van der Waals surface area contributed by atoms with E-state index in [-0.39, 0.29) is 12.0 Å². The fraction of sp³-hybridized carbons (Fsp3) is 0.400. The molecule has 0 spiro atoms. The Labute approximate surface area is 148 Å². The van der Waals surface area contributed by atoms with Crippen LogP contribution in [0.15, 0.2) is 48.7 Å². The van der Waals surface area contributed by atoms with Gasteiger partial charge in [-0.2, -0.15) is 5.26 Å². The zero-order valence-electron chi connectivity index (χ0n) is 14.3. The smallest absolute Gasteiger partial charge is 0.146 e. The van der Waals surface area contributed by atoms with Crippen LogP contribution in [0.5, 0.6) is 5.75 Å². The number of hydrogen-bond donors (Lipinski definition) is 1. The summed E-state index contributed by atoms with van der Waals surface area (Å²) in [6.45, 7) is 2.21. The Morgan fingerprint density at radius 3 is 2.84 bits per heavy atom. The minimum absolute atomic E-state index is 0.108. The van der Waals surface area contributed by atoms with Gasteiger partial charge in [-0.25, -0.2) is 4.98 Å². The van der Waals surface area contributed by atoms with Crippen molar-refractivity contribution in [1.29, 1.82) is 5.26 Å². The molecule has 0 radical (unpaired) electrons. The summed E-state index contributed by atoms with van der Waals surface area (Å²) < 4.78 is 5.82. The second-order valence-corrected chi connectivity index (χ2v) is 6.58. The van der Waals surface area contributed by atoms with E-state index in [4.69, 9.17) is 4.74 Å². The molecule has 0 saturated carbocycles. The fourth-order valence-corrected chi connectivity index (χ4v) is 3.44. The zero-order valence-corrected chi connectivity index (χ0v) is 14.3. The Bertz CT molecular complexity index is 729. The van der Waals surface area contributed by atoms with Gasteiger partial charge < -0.3 is 14.7 Å². The van der Waals surface area contributed by atoms with Crippen molar-refractivity contribution in [3.05, 3.63) is 54.2 Å². The van der Waals surface area contributed by atoms with Crippen molar-refractivity contribution >= 4 is 5.82 Å². The number of para-hydroxylation sites is 1. The van der Waals surface area contributed by atoms with Crippen LogP contribution in [0.2, 0.25) is 0 Å². The molecule has 1 N–H and O–H groups in total. The van der Waals surface area contributed by atoms with Crippen molar-refractivity contribution in [2.75, 3.05) is 31.2 Å². The molecule has 1 aliphatic heterocycles. The number of aromatic nitrogens is 1. The lowest BCUT2D eigenvalue weighted by Gasteiger charge is -2.42. The van der Waals surface area contributed by atoms with E-state index in [0.717, 1.165) is 31.6 Å². The standard InChI is InChI=1S/C20H23N3O2/c21-14-17-6-4-11-22-19(17)23-12-5-9-20(15-23,16-24)10-13-25-18-7-2-1-3-8-18/h1-4,6-8,11,24H,5,9-10,12-13,15-16H2/t20-/m0/s1. The second kappa shape index (κ2) is 8.00. The number of nitrogens with zero attached hydrogens (tertiary/aromatic N) is 3. The number of nitriles is 1. The average Bonchev–Trinajstić information content (AvgIpc) is 2.69. The zero-order chi connectivity index (χ0) is 17.5. The largest absolute Gasteiger partial charge is 0.494 e. The summed E-state index contributed by atoms with van der Waals surface area (Å²) in [5.74, 6) is 1.56. The van der Waals surface area contributed by atoms with E-state index in [9.17, 15) is 10.4 Å². The molecule has 130 valence electrons. The van der Waals surface area contributed by atoms with Gasteiger partial charge in [-0.1, -0.05) is 18.2 Å². The van der Waals surface area contributed by atoms with Crippen LogP contribution in [0.1, 0.15) is 24.8 Å². The highest BCUT2D eigenvalue weighted by molar-refractivity contribution is 5.53. The molecule has 5 heteroatoms. The van der Waals surface area contributed by atoms with Gasteiger partial charge in [-0.3, -0.25) is 0 Å². The first-order chi connectivity index (χ1) is 12.3. The van der Waals surface area contributed by atoms with Crippen LogP contribution in [0.25, 0.3) is 0 Å². The van der Waals surface area contributed by atoms with Gasteiger partial charge >= 0.3 is 0 Å². The summed E-state index contributed by atoms with van der Waals surface area (Å²) in [7, 11) is 0. The van der Waals surface area contributed by atoms with E-state index in [1.54, 1.807) is 18.3 Å². The number of piperidine rings is 1. The van der Waals surface area contributed by atoms with E-state index in [1.165, 1.54) is 0 Å². The molecule has 3 rings (SSSR count).